The summed E-state index contributed by atoms with van der Waals surface area (Å²) in [7, 11) is 1.68. The van der Waals surface area contributed by atoms with Crippen LogP contribution in [0.2, 0.25) is 5.02 Å². The monoisotopic (exact) mass is 414 g/mol. The fourth-order valence-corrected chi connectivity index (χ4v) is 3.21. The number of halogens is 1. The molecular formula is C21H23ClN4O3. The molecule has 2 aromatic carbocycles. The van der Waals surface area contributed by atoms with Crippen molar-refractivity contribution in [3.05, 3.63) is 59.1 Å². The van der Waals surface area contributed by atoms with E-state index in [1.165, 1.54) is 4.90 Å². The Labute approximate surface area is 174 Å². The van der Waals surface area contributed by atoms with Crippen LogP contribution in [0.5, 0.6) is 0 Å². The van der Waals surface area contributed by atoms with Crippen LogP contribution in [0.25, 0.3) is 0 Å². The number of carbonyl (C=O) groups is 3. The molecule has 0 atom stereocenters. The number of likely N-dealkylation sites (tertiary alicyclic amines) is 1. The molecule has 3 rings (SSSR count). The second kappa shape index (κ2) is 9.43. The van der Waals surface area contributed by atoms with Gasteiger partial charge in [-0.2, -0.15) is 0 Å². The Morgan fingerprint density at radius 2 is 1.62 bits per heavy atom. The third-order valence-electron chi connectivity index (χ3n) is 4.77. The van der Waals surface area contributed by atoms with Crippen molar-refractivity contribution in [2.75, 3.05) is 36.9 Å². The number of anilines is 2. The maximum Gasteiger partial charge on any atom is 0.319 e. The average molecular weight is 415 g/mol. The molecule has 152 valence electrons. The van der Waals surface area contributed by atoms with Gasteiger partial charge in [0.1, 0.15) is 0 Å². The van der Waals surface area contributed by atoms with E-state index < -0.39 is 6.03 Å². The summed E-state index contributed by atoms with van der Waals surface area (Å²) in [6, 6.07) is 13.1. The van der Waals surface area contributed by atoms with Gasteiger partial charge in [0.15, 0.2) is 0 Å². The first-order valence-electron chi connectivity index (χ1n) is 9.40. The molecule has 1 heterocycles. The van der Waals surface area contributed by atoms with Crippen LogP contribution >= 0.6 is 11.6 Å². The van der Waals surface area contributed by atoms with E-state index >= 15 is 0 Å². The standard InChI is InChI=1S/C21H23ClN4O3/c1-25(20(28)15-4-6-16(22)7-5-15)18-10-8-17(9-11-18)24-21(29)23-14-19(27)26-12-2-3-13-26/h4-11H,2-3,12-14H2,1H3,(H2,23,24,29). The Balaban J connectivity index is 1.52. The molecule has 2 N–H and O–H groups in total. The fraction of sp³-hybridized carbons (Fsp3) is 0.286. The van der Waals surface area contributed by atoms with Crippen molar-refractivity contribution in [3.63, 3.8) is 0 Å². The van der Waals surface area contributed by atoms with Gasteiger partial charge in [-0.15, -0.1) is 0 Å². The van der Waals surface area contributed by atoms with E-state index in [9.17, 15) is 14.4 Å². The number of hydrogen-bond donors (Lipinski definition) is 2. The smallest absolute Gasteiger partial charge is 0.319 e. The Morgan fingerprint density at radius 3 is 2.24 bits per heavy atom. The van der Waals surface area contributed by atoms with Gasteiger partial charge >= 0.3 is 6.03 Å². The van der Waals surface area contributed by atoms with E-state index in [4.69, 9.17) is 11.6 Å². The normalized spacial score (nSPS) is 13.1. The topological polar surface area (TPSA) is 81.8 Å². The molecule has 1 aliphatic rings. The molecule has 0 aromatic heterocycles. The molecule has 1 fully saturated rings. The predicted molar refractivity (Wildman–Crippen MR) is 113 cm³/mol. The van der Waals surface area contributed by atoms with Gasteiger partial charge < -0.3 is 20.4 Å². The lowest BCUT2D eigenvalue weighted by molar-refractivity contribution is -0.128. The number of amides is 4. The molecule has 1 saturated heterocycles. The summed E-state index contributed by atoms with van der Waals surface area (Å²) >= 11 is 5.86. The van der Waals surface area contributed by atoms with Crippen LogP contribution in [0.3, 0.4) is 0 Å². The summed E-state index contributed by atoms with van der Waals surface area (Å²) in [5.74, 6) is -0.240. The van der Waals surface area contributed by atoms with Crippen molar-refractivity contribution in [3.8, 4) is 0 Å². The molecule has 0 unspecified atom stereocenters. The van der Waals surface area contributed by atoms with E-state index in [1.54, 1.807) is 60.5 Å². The SMILES string of the molecule is CN(C(=O)c1ccc(Cl)cc1)c1ccc(NC(=O)NCC(=O)N2CCCC2)cc1. The van der Waals surface area contributed by atoms with Gasteiger partial charge in [0.05, 0.1) is 6.54 Å². The molecule has 1 aliphatic heterocycles. The summed E-state index contributed by atoms with van der Waals surface area (Å²) in [4.78, 5) is 39.8. The van der Waals surface area contributed by atoms with Crippen molar-refractivity contribution in [2.24, 2.45) is 0 Å². The molecule has 7 nitrogen and oxygen atoms in total. The van der Waals surface area contributed by atoms with Gasteiger partial charge in [0, 0.05) is 42.1 Å². The molecule has 0 bridgehead atoms. The number of carbonyl (C=O) groups excluding carboxylic acids is 3. The molecule has 0 saturated carbocycles. The summed E-state index contributed by atoms with van der Waals surface area (Å²) in [6.07, 6.45) is 2.03. The van der Waals surface area contributed by atoms with Crippen LogP contribution in [0.15, 0.2) is 48.5 Å². The highest BCUT2D eigenvalue weighted by molar-refractivity contribution is 6.30. The van der Waals surface area contributed by atoms with Crippen molar-refractivity contribution in [2.45, 2.75) is 12.8 Å². The molecular weight excluding hydrogens is 392 g/mol. The van der Waals surface area contributed by atoms with Gasteiger partial charge in [-0.05, 0) is 61.4 Å². The fourth-order valence-electron chi connectivity index (χ4n) is 3.08. The zero-order chi connectivity index (χ0) is 20.8. The minimum Gasteiger partial charge on any atom is -0.341 e. The van der Waals surface area contributed by atoms with E-state index in [1.807, 2.05) is 0 Å². The van der Waals surface area contributed by atoms with E-state index in [2.05, 4.69) is 10.6 Å². The lowest BCUT2D eigenvalue weighted by atomic mass is 10.2. The minimum absolute atomic E-state index is 0.0255. The van der Waals surface area contributed by atoms with Gasteiger partial charge in [0.25, 0.3) is 5.91 Å². The van der Waals surface area contributed by atoms with Crippen LogP contribution in [0.4, 0.5) is 16.2 Å². The van der Waals surface area contributed by atoms with Crippen molar-refractivity contribution in [1.82, 2.24) is 10.2 Å². The lowest BCUT2D eigenvalue weighted by Crippen LogP contribution is -2.40. The summed E-state index contributed by atoms with van der Waals surface area (Å²) in [5.41, 5.74) is 1.77. The summed E-state index contributed by atoms with van der Waals surface area (Å²) in [6.45, 7) is 1.49. The number of benzene rings is 2. The van der Waals surface area contributed by atoms with Crippen molar-refractivity contribution >= 4 is 40.8 Å². The maximum absolute atomic E-state index is 12.5. The Bertz CT molecular complexity index is 878. The maximum atomic E-state index is 12.5. The zero-order valence-corrected chi connectivity index (χ0v) is 16.9. The molecule has 8 heteroatoms. The summed E-state index contributed by atoms with van der Waals surface area (Å²) < 4.78 is 0. The van der Waals surface area contributed by atoms with Gasteiger partial charge in [0.2, 0.25) is 5.91 Å². The highest BCUT2D eigenvalue weighted by Gasteiger charge is 2.18. The number of hydrogen-bond acceptors (Lipinski definition) is 3. The number of nitrogens with zero attached hydrogens (tertiary/aromatic N) is 2. The Kier molecular flexibility index (Phi) is 6.72. The first-order chi connectivity index (χ1) is 13.9. The zero-order valence-electron chi connectivity index (χ0n) is 16.2. The van der Waals surface area contributed by atoms with Gasteiger partial charge in [-0.1, -0.05) is 11.6 Å². The third kappa shape index (κ3) is 5.48. The van der Waals surface area contributed by atoms with Crippen LogP contribution in [0.1, 0.15) is 23.2 Å². The molecule has 0 aliphatic carbocycles. The average Bonchev–Trinajstić information content (AvgIpc) is 3.27. The van der Waals surface area contributed by atoms with Gasteiger partial charge in [-0.25, -0.2) is 4.79 Å². The highest BCUT2D eigenvalue weighted by Crippen LogP contribution is 2.19. The largest absolute Gasteiger partial charge is 0.341 e. The molecule has 0 spiro atoms. The van der Waals surface area contributed by atoms with Gasteiger partial charge in [-0.3, -0.25) is 9.59 Å². The van der Waals surface area contributed by atoms with Crippen molar-refractivity contribution in [1.29, 1.82) is 0 Å². The molecule has 4 amide bonds. The first-order valence-corrected chi connectivity index (χ1v) is 9.78. The minimum atomic E-state index is -0.448. The number of rotatable bonds is 5. The third-order valence-corrected chi connectivity index (χ3v) is 5.02. The van der Waals surface area contributed by atoms with E-state index in [0.717, 1.165) is 25.9 Å². The van der Waals surface area contributed by atoms with Crippen LogP contribution < -0.4 is 15.5 Å². The van der Waals surface area contributed by atoms with E-state index in [0.29, 0.717) is 22.0 Å². The lowest BCUT2D eigenvalue weighted by Gasteiger charge is -2.18. The first kappa shape index (κ1) is 20.7. The summed E-state index contributed by atoms with van der Waals surface area (Å²) in [5, 5.41) is 5.82. The Hall–Kier alpha value is -3.06. The Morgan fingerprint density at radius 1 is 1.00 bits per heavy atom. The molecule has 0 radical (unpaired) electrons. The van der Waals surface area contributed by atoms with Crippen LogP contribution in [0, 0.1) is 0 Å². The second-order valence-electron chi connectivity index (χ2n) is 6.81. The molecule has 2 aromatic rings. The van der Waals surface area contributed by atoms with Crippen LogP contribution in [-0.4, -0.2) is 49.4 Å². The van der Waals surface area contributed by atoms with E-state index in [-0.39, 0.29) is 18.4 Å². The second-order valence-corrected chi connectivity index (χ2v) is 7.25. The quantitative estimate of drug-likeness (QED) is 0.787. The molecule has 29 heavy (non-hydrogen) atoms. The number of nitrogens with one attached hydrogen (secondary N) is 2. The van der Waals surface area contributed by atoms with Crippen LogP contribution in [-0.2, 0) is 4.79 Å². The number of urea groups is 1. The van der Waals surface area contributed by atoms with Crippen molar-refractivity contribution < 1.29 is 14.4 Å². The predicted octanol–water partition coefficient (Wildman–Crippen LogP) is 3.36. The highest BCUT2D eigenvalue weighted by atomic mass is 35.5.